The van der Waals surface area contributed by atoms with Gasteiger partial charge >= 0.3 is 0 Å². The van der Waals surface area contributed by atoms with Crippen LogP contribution < -0.4 is 10.5 Å². The van der Waals surface area contributed by atoms with E-state index in [1.54, 1.807) is 47.1 Å². The molecule has 0 spiro atoms. The molecule has 1 aromatic carbocycles. The summed E-state index contributed by atoms with van der Waals surface area (Å²) in [7, 11) is -1.95. The fourth-order valence-corrected chi connectivity index (χ4v) is 4.71. The summed E-state index contributed by atoms with van der Waals surface area (Å²) in [5.74, 6) is -0.292. The van der Waals surface area contributed by atoms with Crippen molar-refractivity contribution in [1.29, 1.82) is 0 Å². The van der Waals surface area contributed by atoms with Crippen molar-refractivity contribution >= 4 is 15.9 Å². The van der Waals surface area contributed by atoms with E-state index in [-0.39, 0.29) is 17.3 Å². The van der Waals surface area contributed by atoms with Gasteiger partial charge in [-0.25, -0.2) is 13.1 Å². The fourth-order valence-electron chi connectivity index (χ4n) is 3.25. The maximum atomic E-state index is 13.0. The number of amides is 1. The van der Waals surface area contributed by atoms with Crippen LogP contribution >= 0.6 is 0 Å². The zero-order valence-corrected chi connectivity index (χ0v) is 16.9. The number of piperazine rings is 1. The van der Waals surface area contributed by atoms with Crippen molar-refractivity contribution in [2.45, 2.75) is 17.9 Å². The SMILES string of the molecule is Cc1c(-n2cccn2)cccc1S(=O)(=O)N[C@@H](CN)C(=O)N1CCN(C)CC1. The van der Waals surface area contributed by atoms with Crippen molar-refractivity contribution in [2.75, 3.05) is 39.8 Å². The zero-order valence-electron chi connectivity index (χ0n) is 16.1. The Labute approximate surface area is 165 Å². The van der Waals surface area contributed by atoms with Gasteiger partial charge in [-0.2, -0.15) is 9.82 Å². The third-order valence-corrected chi connectivity index (χ3v) is 6.56. The first-order valence-corrected chi connectivity index (χ1v) is 10.6. The van der Waals surface area contributed by atoms with Gasteiger partial charge in [-0.1, -0.05) is 6.07 Å². The monoisotopic (exact) mass is 406 g/mol. The van der Waals surface area contributed by atoms with Crippen molar-refractivity contribution in [3.8, 4) is 5.69 Å². The lowest BCUT2D eigenvalue weighted by Crippen LogP contribution is -2.56. The van der Waals surface area contributed by atoms with Gasteiger partial charge in [0.15, 0.2) is 0 Å². The van der Waals surface area contributed by atoms with E-state index < -0.39 is 16.1 Å². The molecule has 2 aromatic rings. The number of benzene rings is 1. The highest BCUT2D eigenvalue weighted by molar-refractivity contribution is 7.89. The van der Waals surface area contributed by atoms with Crippen molar-refractivity contribution in [3.63, 3.8) is 0 Å². The number of aromatic nitrogens is 2. The first kappa shape index (κ1) is 20.5. The molecule has 9 nitrogen and oxygen atoms in total. The average Bonchev–Trinajstić information content (AvgIpc) is 3.20. The molecule has 0 bridgehead atoms. The molecule has 0 saturated carbocycles. The van der Waals surface area contributed by atoms with Gasteiger partial charge in [-0.15, -0.1) is 0 Å². The standard InChI is InChI=1S/C18H26N6O3S/c1-14-16(24-8-4-7-20-24)5-3-6-17(14)28(26,27)21-15(13-19)18(25)23-11-9-22(2)10-12-23/h3-8,15,21H,9-13,19H2,1-2H3/t15-/m0/s1. The molecule has 1 atom stereocenters. The summed E-state index contributed by atoms with van der Waals surface area (Å²) in [5.41, 5.74) is 6.94. The number of nitrogens with one attached hydrogen (secondary N) is 1. The number of nitrogens with two attached hydrogens (primary N) is 1. The summed E-state index contributed by atoms with van der Waals surface area (Å²) in [6, 6.07) is 5.72. The molecular formula is C18H26N6O3S. The van der Waals surface area contributed by atoms with E-state index in [1.807, 2.05) is 7.05 Å². The summed E-state index contributed by atoms with van der Waals surface area (Å²) in [6.45, 7) is 4.22. The second-order valence-corrected chi connectivity index (χ2v) is 8.57. The Morgan fingerprint density at radius 2 is 1.96 bits per heavy atom. The van der Waals surface area contributed by atoms with Crippen LogP contribution in [0.15, 0.2) is 41.6 Å². The molecule has 10 heteroatoms. The molecule has 28 heavy (non-hydrogen) atoms. The van der Waals surface area contributed by atoms with Crippen LogP contribution in [0.5, 0.6) is 0 Å². The highest BCUT2D eigenvalue weighted by atomic mass is 32.2. The number of sulfonamides is 1. The van der Waals surface area contributed by atoms with E-state index in [9.17, 15) is 13.2 Å². The lowest BCUT2D eigenvalue weighted by molar-refractivity contribution is -0.134. The topological polar surface area (TPSA) is 114 Å². The Morgan fingerprint density at radius 1 is 1.25 bits per heavy atom. The molecule has 3 N–H and O–H groups in total. The smallest absolute Gasteiger partial charge is 0.242 e. The van der Waals surface area contributed by atoms with Crippen LogP contribution in [-0.4, -0.2) is 79.7 Å². The molecule has 0 radical (unpaired) electrons. The summed E-state index contributed by atoms with van der Waals surface area (Å²) in [4.78, 5) is 16.7. The third-order valence-electron chi connectivity index (χ3n) is 4.94. The average molecular weight is 407 g/mol. The molecule has 152 valence electrons. The molecule has 1 saturated heterocycles. The molecular weight excluding hydrogens is 380 g/mol. The predicted octanol–water partition coefficient (Wildman–Crippen LogP) is -0.440. The number of nitrogens with zero attached hydrogens (tertiary/aromatic N) is 4. The Hall–Kier alpha value is -2.27. The molecule has 0 unspecified atom stereocenters. The summed E-state index contributed by atoms with van der Waals surface area (Å²) in [5, 5.41) is 4.16. The molecule has 1 fully saturated rings. The second kappa shape index (κ2) is 8.39. The van der Waals surface area contributed by atoms with Gasteiger partial charge in [0.25, 0.3) is 0 Å². The minimum absolute atomic E-state index is 0.102. The van der Waals surface area contributed by atoms with E-state index in [2.05, 4.69) is 14.7 Å². The van der Waals surface area contributed by atoms with Gasteiger partial charge in [-0.05, 0) is 37.7 Å². The Morgan fingerprint density at radius 3 is 2.57 bits per heavy atom. The van der Waals surface area contributed by atoms with Gasteiger partial charge in [0, 0.05) is 45.1 Å². The van der Waals surface area contributed by atoms with Crippen LogP contribution in [-0.2, 0) is 14.8 Å². The number of hydrogen-bond acceptors (Lipinski definition) is 6. The first-order chi connectivity index (χ1) is 13.3. The highest BCUT2D eigenvalue weighted by Gasteiger charge is 2.30. The summed E-state index contributed by atoms with van der Waals surface area (Å²) in [6.07, 6.45) is 3.36. The number of likely N-dealkylation sites (N-methyl/N-ethyl adjacent to an activating group) is 1. The lowest BCUT2D eigenvalue weighted by atomic mass is 10.2. The van der Waals surface area contributed by atoms with Crippen LogP contribution in [0.3, 0.4) is 0 Å². The largest absolute Gasteiger partial charge is 0.339 e. The van der Waals surface area contributed by atoms with Crippen LogP contribution in [0, 0.1) is 6.92 Å². The molecule has 0 aliphatic carbocycles. The highest BCUT2D eigenvalue weighted by Crippen LogP contribution is 2.22. The van der Waals surface area contributed by atoms with E-state index in [0.717, 1.165) is 13.1 Å². The van der Waals surface area contributed by atoms with E-state index in [0.29, 0.717) is 24.3 Å². The molecule has 1 aliphatic heterocycles. The number of rotatable bonds is 6. The van der Waals surface area contributed by atoms with Crippen LogP contribution in [0.25, 0.3) is 5.69 Å². The third kappa shape index (κ3) is 4.25. The summed E-state index contributed by atoms with van der Waals surface area (Å²) >= 11 is 0. The summed E-state index contributed by atoms with van der Waals surface area (Å²) < 4.78 is 30.1. The van der Waals surface area contributed by atoms with Crippen molar-refractivity contribution < 1.29 is 13.2 Å². The van der Waals surface area contributed by atoms with Gasteiger partial charge in [-0.3, -0.25) is 4.79 Å². The molecule has 1 aromatic heterocycles. The van der Waals surface area contributed by atoms with Crippen molar-refractivity contribution in [1.82, 2.24) is 24.3 Å². The Bertz CT molecular complexity index is 921. The number of carbonyl (C=O) groups is 1. The molecule has 2 heterocycles. The normalized spacial score (nSPS) is 16.9. The van der Waals surface area contributed by atoms with Gasteiger partial charge in [0.05, 0.1) is 10.6 Å². The zero-order chi connectivity index (χ0) is 20.3. The Kier molecular flexibility index (Phi) is 6.14. The Balaban J connectivity index is 1.82. The maximum absolute atomic E-state index is 13.0. The quantitative estimate of drug-likeness (QED) is 0.672. The van der Waals surface area contributed by atoms with E-state index in [4.69, 9.17) is 5.73 Å². The first-order valence-electron chi connectivity index (χ1n) is 9.13. The number of hydrogen-bond donors (Lipinski definition) is 2. The minimum Gasteiger partial charge on any atom is -0.339 e. The van der Waals surface area contributed by atoms with Crippen molar-refractivity contribution in [2.24, 2.45) is 5.73 Å². The second-order valence-electron chi connectivity index (χ2n) is 6.89. The van der Waals surface area contributed by atoms with Gasteiger partial charge in [0.2, 0.25) is 15.9 Å². The fraction of sp³-hybridized carbons (Fsp3) is 0.444. The van der Waals surface area contributed by atoms with Crippen LogP contribution in [0.4, 0.5) is 0 Å². The molecule has 1 amide bonds. The van der Waals surface area contributed by atoms with Gasteiger partial charge < -0.3 is 15.5 Å². The molecule has 1 aliphatic rings. The van der Waals surface area contributed by atoms with Gasteiger partial charge in [0.1, 0.15) is 6.04 Å². The minimum atomic E-state index is -3.94. The predicted molar refractivity (Wildman–Crippen MR) is 106 cm³/mol. The van der Waals surface area contributed by atoms with Crippen molar-refractivity contribution in [3.05, 3.63) is 42.2 Å². The van der Waals surface area contributed by atoms with Crippen LogP contribution in [0.2, 0.25) is 0 Å². The van der Waals surface area contributed by atoms with E-state index in [1.165, 1.54) is 6.07 Å². The maximum Gasteiger partial charge on any atom is 0.242 e. The molecule has 3 rings (SSSR count). The number of carbonyl (C=O) groups excluding carboxylic acids is 1. The van der Waals surface area contributed by atoms with E-state index >= 15 is 0 Å². The lowest BCUT2D eigenvalue weighted by Gasteiger charge is -2.34. The van der Waals surface area contributed by atoms with Crippen LogP contribution in [0.1, 0.15) is 5.56 Å².